The van der Waals surface area contributed by atoms with Crippen molar-refractivity contribution in [1.29, 1.82) is 0 Å². The zero-order valence-electron chi connectivity index (χ0n) is 13.4. The number of hydrogen-bond acceptors (Lipinski definition) is 4. The third-order valence-electron chi connectivity index (χ3n) is 4.35. The molecule has 1 heterocycles. The molecule has 1 fully saturated rings. The van der Waals surface area contributed by atoms with Crippen molar-refractivity contribution in [2.24, 2.45) is 5.92 Å². The van der Waals surface area contributed by atoms with Crippen molar-refractivity contribution in [2.75, 3.05) is 6.54 Å². The first-order valence-electron chi connectivity index (χ1n) is 8.10. The fourth-order valence-corrected chi connectivity index (χ4v) is 2.97. The second kappa shape index (κ2) is 7.48. The van der Waals surface area contributed by atoms with Crippen LogP contribution < -0.4 is 15.6 Å². The lowest BCUT2D eigenvalue weighted by atomic mass is 10.1. The smallest absolute Gasteiger partial charge is 0.251 e. The minimum atomic E-state index is -0.732. The van der Waals surface area contributed by atoms with Crippen LogP contribution in [0.15, 0.2) is 47.4 Å². The Hall–Kier alpha value is -2.67. The molecule has 0 spiro atoms. The van der Waals surface area contributed by atoms with Gasteiger partial charge in [-0.1, -0.05) is 0 Å². The van der Waals surface area contributed by atoms with Crippen molar-refractivity contribution in [3.05, 3.63) is 64.3 Å². The van der Waals surface area contributed by atoms with Gasteiger partial charge >= 0.3 is 0 Å². The molecule has 1 aromatic carbocycles. The Morgan fingerprint density at radius 2 is 2.04 bits per heavy atom. The highest BCUT2D eigenvalue weighted by atomic mass is 19.1. The Bertz CT molecular complexity index is 790. The molecule has 0 unspecified atom stereocenters. The van der Waals surface area contributed by atoms with Gasteiger partial charge in [0, 0.05) is 30.3 Å². The molecule has 0 aliphatic heterocycles. The topological polar surface area (TPSA) is 91.4 Å². The van der Waals surface area contributed by atoms with Gasteiger partial charge in [-0.05, 0) is 43.2 Å². The van der Waals surface area contributed by atoms with E-state index in [0.29, 0.717) is 18.6 Å². The van der Waals surface area contributed by atoms with Gasteiger partial charge in [0.05, 0.1) is 6.10 Å². The number of aromatic nitrogens is 1. The number of amides is 1. The van der Waals surface area contributed by atoms with E-state index < -0.39 is 12.2 Å². The van der Waals surface area contributed by atoms with E-state index in [4.69, 9.17) is 4.74 Å². The Labute approximate surface area is 143 Å². The SMILES string of the molecule is O=C(NC[C@H]1CC[C@@H](Oc2ccc(F)cc2)[C@@H]1O)c1cc[nH]c(=O)c1. The number of carbonyl (C=O) groups excluding carboxylic acids is 1. The van der Waals surface area contributed by atoms with Crippen LogP contribution in [0.4, 0.5) is 4.39 Å². The maximum absolute atomic E-state index is 12.9. The maximum atomic E-state index is 12.9. The highest BCUT2D eigenvalue weighted by Gasteiger charge is 2.36. The predicted molar refractivity (Wildman–Crippen MR) is 88.9 cm³/mol. The fourth-order valence-electron chi connectivity index (χ4n) is 2.97. The number of pyridine rings is 1. The number of H-pyrrole nitrogens is 1. The molecule has 6 nitrogen and oxygen atoms in total. The number of carbonyl (C=O) groups is 1. The molecule has 1 aliphatic carbocycles. The summed E-state index contributed by atoms with van der Waals surface area (Å²) in [5, 5.41) is 13.1. The summed E-state index contributed by atoms with van der Waals surface area (Å²) in [6, 6.07) is 8.38. The number of hydrogen-bond donors (Lipinski definition) is 3. The summed E-state index contributed by atoms with van der Waals surface area (Å²) in [5.41, 5.74) is -0.0725. The molecule has 1 amide bonds. The summed E-state index contributed by atoms with van der Waals surface area (Å²) < 4.78 is 18.6. The summed E-state index contributed by atoms with van der Waals surface area (Å²) in [6.45, 7) is 0.288. The molecule has 1 aromatic heterocycles. The van der Waals surface area contributed by atoms with Crippen LogP contribution in [0.25, 0.3) is 0 Å². The zero-order valence-corrected chi connectivity index (χ0v) is 13.4. The molecule has 3 atom stereocenters. The Morgan fingerprint density at radius 1 is 1.28 bits per heavy atom. The lowest BCUT2D eigenvalue weighted by Gasteiger charge is -2.21. The molecule has 3 rings (SSSR count). The van der Waals surface area contributed by atoms with Gasteiger partial charge in [-0.3, -0.25) is 9.59 Å². The molecule has 0 radical (unpaired) electrons. The molecular formula is C18H19FN2O4. The van der Waals surface area contributed by atoms with E-state index in [1.165, 1.54) is 42.6 Å². The molecule has 1 saturated carbocycles. The highest BCUT2D eigenvalue weighted by Crippen LogP contribution is 2.29. The van der Waals surface area contributed by atoms with Gasteiger partial charge in [-0.2, -0.15) is 0 Å². The van der Waals surface area contributed by atoms with Crippen molar-refractivity contribution in [1.82, 2.24) is 10.3 Å². The van der Waals surface area contributed by atoms with Gasteiger partial charge < -0.3 is 20.1 Å². The molecule has 0 bridgehead atoms. The van der Waals surface area contributed by atoms with E-state index in [0.717, 1.165) is 0 Å². The van der Waals surface area contributed by atoms with Crippen LogP contribution in [0.5, 0.6) is 5.75 Å². The van der Waals surface area contributed by atoms with Gasteiger partial charge in [-0.25, -0.2) is 4.39 Å². The van der Waals surface area contributed by atoms with E-state index in [1.807, 2.05) is 0 Å². The highest BCUT2D eigenvalue weighted by molar-refractivity contribution is 5.93. The molecule has 132 valence electrons. The minimum absolute atomic E-state index is 0.142. The standard InChI is InChI=1S/C18H19FN2O4/c19-13-2-4-14(5-3-13)25-15-6-1-12(17(15)23)10-21-18(24)11-7-8-20-16(22)9-11/h2-5,7-9,12,15,17,23H,1,6,10H2,(H,20,22)(H,21,24)/t12-,15-,17-/m1/s1. The van der Waals surface area contributed by atoms with Gasteiger partial charge in [0.25, 0.3) is 5.91 Å². The van der Waals surface area contributed by atoms with Crippen molar-refractivity contribution in [2.45, 2.75) is 25.0 Å². The number of benzene rings is 1. The van der Waals surface area contributed by atoms with Crippen molar-refractivity contribution in [3.63, 3.8) is 0 Å². The van der Waals surface area contributed by atoms with Crippen molar-refractivity contribution in [3.8, 4) is 5.75 Å². The lowest BCUT2D eigenvalue weighted by Crippen LogP contribution is -2.37. The molecule has 3 N–H and O–H groups in total. The van der Waals surface area contributed by atoms with Crippen molar-refractivity contribution >= 4 is 5.91 Å². The summed E-state index contributed by atoms with van der Waals surface area (Å²) in [6.07, 6.45) is 1.62. The Kier molecular flexibility index (Phi) is 5.14. The average Bonchev–Trinajstić information content (AvgIpc) is 2.95. The Balaban J connectivity index is 1.53. The van der Waals surface area contributed by atoms with E-state index in [1.54, 1.807) is 0 Å². The predicted octanol–water partition coefficient (Wildman–Crippen LogP) is 1.46. The normalized spacial score (nSPS) is 22.6. The van der Waals surface area contributed by atoms with Gasteiger partial charge in [0.1, 0.15) is 17.7 Å². The molecule has 2 aromatic rings. The van der Waals surface area contributed by atoms with Crippen LogP contribution in [0.3, 0.4) is 0 Å². The second-order valence-electron chi connectivity index (χ2n) is 6.09. The van der Waals surface area contributed by atoms with E-state index in [-0.39, 0.29) is 35.3 Å². The quantitative estimate of drug-likeness (QED) is 0.764. The van der Waals surface area contributed by atoms with Crippen LogP contribution in [0, 0.1) is 11.7 Å². The number of aromatic amines is 1. The van der Waals surface area contributed by atoms with Crippen molar-refractivity contribution < 1.29 is 19.0 Å². The van der Waals surface area contributed by atoms with Crippen LogP contribution in [-0.2, 0) is 0 Å². The van der Waals surface area contributed by atoms with Crippen LogP contribution in [-0.4, -0.2) is 34.8 Å². The zero-order chi connectivity index (χ0) is 17.8. The van der Waals surface area contributed by atoms with Crippen LogP contribution in [0.2, 0.25) is 0 Å². The third-order valence-corrected chi connectivity index (χ3v) is 4.35. The number of aliphatic hydroxyl groups is 1. The largest absolute Gasteiger partial charge is 0.488 e. The summed E-state index contributed by atoms with van der Waals surface area (Å²) in [5.74, 6) is -0.351. The molecular weight excluding hydrogens is 327 g/mol. The number of aliphatic hydroxyl groups excluding tert-OH is 1. The van der Waals surface area contributed by atoms with Crippen LogP contribution in [0.1, 0.15) is 23.2 Å². The fraction of sp³-hybridized carbons (Fsp3) is 0.333. The molecule has 7 heteroatoms. The first-order chi connectivity index (χ1) is 12.0. The monoisotopic (exact) mass is 346 g/mol. The number of ether oxygens (including phenoxy) is 1. The first-order valence-corrected chi connectivity index (χ1v) is 8.10. The van der Waals surface area contributed by atoms with Crippen LogP contribution >= 0.6 is 0 Å². The molecule has 25 heavy (non-hydrogen) atoms. The molecule has 0 saturated heterocycles. The molecule has 1 aliphatic rings. The van der Waals surface area contributed by atoms with Gasteiger partial charge in [0.2, 0.25) is 5.56 Å². The summed E-state index contributed by atoms with van der Waals surface area (Å²) in [4.78, 5) is 25.7. The summed E-state index contributed by atoms with van der Waals surface area (Å²) in [7, 11) is 0. The second-order valence-corrected chi connectivity index (χ2v) is 6.09. The summed E-state index contributed by atoms with van der Waals surface area (Å²) >= 11 is 0. The van der Waals surface area contributed by atoms with E-state index in [2.05, 4.69) is 10.3 Å². The van der Waals surface area contributed by atoms with Gasteiger partial charge in [-0.15, -0.1) is 0 Å². The lowest BCUT2D eigenvalue weighted by molar-refractivity contribution is 0.0348. The number of halogens is 1. The third kappa shape index (κ3) is 4.24. The number of rotatable bonds is 5. The number of nitrogens with one attached hydrogen (secondary N) is 2. The van der Waals surface area contributed by atoms with Gasteiger partial charge in [0.15, 0.2) is 0 Å². The minimum Gasteiger partial charge on any atom is -0.488 e. The maximum Gasteiger partial charge on any atom is 0.251 e. The first kappa shape index (κ1) is 17.2. The van der Waals surface area contributed by atoms with E-state index >= 15 is 0 Å². The Morgan fingerprint density at radius 3 is 2.76 bits per heavy atom. The van der Waals surface area contributed by atoms with E-state index in [9.17, 15) is 19.1 Å². The average molecular weight is 346 g/mol.